The van der Waals surface area contributed by atoms with E-state index in [1.54, 1.807) is 6.20 Å². The molecule has 0 fully saturated rings. The molecule has 5 rings (SSSR count). The fraction of sp³-hybridized carbons (Fsp3) is 0.148. The first kappa shape index (κ1) is 31.8. The number of halogens is 7. The maximum absolute atomic E-state index is 12.6. The number of Topliss-reactive ketones (excluding diaryl/α,β-unsaturated/α-hetero) is 2. The zero-order valence-corrected chi connectivity index (χ0v) is 22.7. The molecule has 2 aromatic heterocycles. The maximum Gasteiger partial charge on any atom is 0.458 e. The van der Waals surface area contributed by atoms with E-state index in [9.17, 15) is 40.7 Å². The Morgan fingerprint density at radius 3 is 2.18 bits per heavy atom. The lowest BCUT2D eigenvalue weighted by molar-refractivity contribution is -0.193. The summed E-state index contributed by atoms with van der Waals surface area (Å²) in [5.74, 6) is -6.19. The average Bonchev–Trinajstić information content (AvgIpc) is 2.98. The highest BCUT2D eigenvalue weighted by atomic mass is 35.5. The summed E-state index contributed by atoms with van der Waals surface area (Å²) in [6.07, 6.45) is -4.03. The predicted molar refractivity (Wildman–Crippen MR) is 146 cm³/mol. The number of amides is 1. The monoisotopic (exact) mass is 637 g/mol. The van der Waals surface area contributed by atoms with Crippen molar-refractivity contribution < 1.29 is 40.7 Å². The van der Waals surface area contributed by atoms with Gasteiger partial charge in [0.25, 0.3) is 5.91 Å². The normalized spacial score (nSPS) is 12.4. The minimum Gasteiger partial charge on any atom is -0.339 e. The van der Waals surface area contributed by atoms with Crippen molar-refractivity contribution in [1.82, 2.24) is 19.9 Å². The van der Waals surface area contributed by atoms with Crippen LogP contribution in [0, 0.1) is 0 Å². The second-order valence-corrected chi connectivity index (χ2v) is 9.32. The van der Waals surface area contributed by atoms with Crippen molar-refractivity contribution in [1.29, 1.82) is 0 Å². The largest absolute Gasteiger partial charge is 0.458 e. The number of hydrogen-bond acceptors (Lipinski definition) is 9. The predicted octanol–water partition coefficient (Wildman–Crippen LogP) is 6.01. The highest BCUT2D eigenvalue weighted by molar-refractivity contribution is 6.41. The number of fused-ring (bicyclic) bond motifs is 6. The molecule has 2 aromatic carbocycles. The number of nitrogens with one attached hydrogen (secondary N) is 3. The third kappa shape index (κ3) is 8.25. The lowest BCUT2D eigenvalue weighted by atomic mass is 10.0. The van der Waals surface area contributed by atoms with E-state index in [1.807, 2.05) is 30.3 Å². The van der Waals surface area contributed by atoms with Gasteiger partial charge in [-0.25, -0.2) is 9.97 Å². The van der Waals surface area contributed by atoms with Gasteiger partial charge in [-0.3, -0.25) is 19.4 Å². The summed E-state index contributed by atoms with van der Waals surface area (Å²) in [7, 11) is 0. The molecule has 1 aliphatic rings. The summed E-state index contributed by atoms with van der Waals surface area (Å²) < 4.78 is 67.0. The van der Waals surface area contributed by atoms with Crippen LogP contribution in [0.1, 0.15) is 21.6 Å². The van der Waals surface area contributed by atoms with Gasteiger partial charge in [0.15, 0.2) is 5.82 Å². The van der Waals surface area contributed by atoms with Crippen LogP contribution in [0.4, 0.5) is 55.2 Å². The molecule has 0 saturated heterocycles. The first-order chi connectivity index (χ1) is 20.7. The van der Waals surface area contributed by atoms with E-state index in [2.05, 4.69) is 48.0 Å². The Labute approximate surface area is 248 Å². The molecule has 10 nitrogen and oxygen atoms in total. The number of rotatable bonds is 3. The average molecular weight is 638 g/mol. The van der Waals surface area contributed by atoms with Gasteiger partial charge in [0, 0.05) is 29.5 Å². The molecule has 3 N–H and O–H groups in total. The molecule has 0 aliphatic carbocycles. The van der Waals surface area contributed by atoms with Crippen molar-refractivity contribution in [3.63, 3.8) is 0 Å². The van der Waals surface area contributed by atoms with Gasteiger partial charge in [-0.2, -0.15) is 31.3 Å². The van der Waals surface area contributed by atoms with E-state index in [1.165, 1.54) is 18.6 Å². The standard InChI is InChI=1S/C23H18ClN7O.C4F6O2/c24-18-12-27-23-29-16-3-1-2-14(10-16)4-5-15-11-17(28-21(18)31-23)6-7-19(15)30-22(32)20-13-25-8-9-26-20;5-3(6,7)1(11)2(12)4(8,9)10/h1-3,6-13H,4-5H2,(H,30,32)(H2,27,28,29,31);. The van der Waals surface area contributed by atoms with Crippen LogP contribution in [0.2, 0.25) is 5.02 Å². The Bertz CT molecular complexity index is 1680. The summed E-state index contributed by atoms with van der Waals surface area (Å²) in [5.41, 5.74) is 4.77. The van der Waals surface area contributed by atoms with Gasteiger partial charge >= 0.3 is 23.9 Å². The Hall–Kier alpha value is -5.12. The van der Waals surface area contributed by atoms with Gasteiger partial charge in [-0.15, -0.1) is 0 Å². The number of anilines is 5. The highest BCUT2D eigenvalue weighted by Crippen LogP contribution is 2.30. The number of aromatic nitrogens is 4. The van der Waals surface area contributed by atoms with Crippen LogP contribution >= 0.6 is 11.6 Å². The molecule has 228 valence electrons. The smallest absolute Gasteiger partial charge is 0.339 e. The second-order valence-electron chi connectivity index (χ2n) is 8.91. The Morgan fingerprint density at radius 1 is 0.818 bits per heavy atom. The Morgan fingerprint density at radius 2 is 1.52 bits per heavy atom. The van der Waals surface area contributed by atoms with Crippen LogP contribution < -0.4 is 16.0 Å². The van der Waals surface area contributed by atoms with E-state index in [-0.39, 0.29) is 11.6 Å². The summed E-state index contributed by atoms with van der Waals surface area (Å²) in [6, 6.07) is 13.8. The molecule has 1 amide bonds. The maximum atomic E-state index is 12.6. The van der Waals surface area contributed by atoms with Crippen molar-refractivity contribution in [2.24, 2.45) is 0 Å². The summed E-state index contributed by atoms with van der Waals surface area (Å²) in [5, 5.41) is 9.83. The third-order valence-corrected chi connectivity index (χ3v) is 6.02. The van der Waals surface area contributed by atoms with Crippen molar-refractivity contribution in [3.8, 4) is 0 Å². The van der Waals surface area contributed by atoms with Crippen molar-refractivity contribution in [2.45, 2.75) is 25.2 Å². The zero-order valence-electron chi connectivity index (χ0n) is 21.9. The molecule has 4 aromatic rings. The van der Waals surface area contributed by atoms with Gasteiger partial charge in [0.05, 0.1) is 12.4 Å². The molecule has 0 unspecified atom stereocenters. The molecule has 6 bridgehead atoms. The number of hydrogen-bond donors (Lipinski definition) is 3. The number of ketones is 2. The van der Waals surface area contributed by atoms with Crippen LogP contribution in [0.15, 0.2) is 67.3 Å². The molecule has 0 atom stereocenters. The van der Waals surface area contributed by atoms with E-state index in [4.69, 9.17) is 11.6 Å². The summed E-state index contributed by atoms with van der Waals surface area (Å²) in [6.45, 7) is 0. The first-order valence-electron chi connectivity index (χ1n) is 12.3. The number of carbonyl (C=O) groups is 3. The molecular formula is C27H18ClF6N7O3. The van der Waals surface area contributed by atoms with Gasteiger partial charge in [0.1, 0.15) is 10.7 Å². The van der Waals surface area contributed by atoms with Crippen LogP contribution in [-0.4, -0.2) is 49.8 Å². The number of benzene rings is 2. The lowest BCUT2D eigenvalue weighted by Crippen LogP contribution is -2.39. The second kappa shape index (κ2) is 13.0. The summed E-state index contributed by atoms with van der Waals surface area (Å²) >= 11 is 6.32. The molecule has 1 aliphatic heterocycles. The van der Waals surface area contributed by atoms with Gasteiger partial charge in [-0.05, 0) is 54.3 Å². The van der Waals surface area contributed by atoms with E-state index in [0.717, 1.165) is 28.9 Å². The molecule has 0 saturated carbocycles. The number of alkyl halides is 6. The van der Waals surface area contributed by atoms with Crippen LogP contribution in [0.3, 0.4) is 0 Å². The van der Waals surface area contributed by atoms with Crippen LogP contribution in [-0.2, 0) is 22.4 Å². The van der Waals surface area contributed by atoms with Gasteiger partial charge in [0.2, 0.25) is 5.95 Å². The van der Waals surface area contributed by atoms with E-state index >= 15 is 0 Å². The topological polar surface area (TPSA) is 139 Å². The van der Waals surface area contributed by atoms with Crippen molar-refractivity contribution in [3.05, 3.63) is 89.1 Å². The van der Waals surface area contributed by atoms with Crippen molar-refractivity contribution >= 4 is 57.9 Å². The Kier molecular flexibility index (Phi) is 9.42. The number of aryl methyl sites for hydroxylation is 2. The molecule has 0 spiro atoms. The quantitative estimate of drug-likeness (QED) is 0.182. The van der Waals surface area contributed by atoms with Crippen LogP contribution in [0.5, 0.6) is 0 Å². The molecule has 0 radical (unpaired) electrons. The fourth-order valence-electron chi connectivity index (χ4n) is 3.72. The minimum absolute atomic E-state index is 0.255. The third-order valence-electron chi connectivity index (χ3n) is 5.74. The number of nitrogens with zero attached hydrogens (tertiary/aromatic N) is 4. The fourth-order valence-corrected chi connectivity index (χ4v) is 3.86. The summed E-state index contributed by atoms with van der Waals surface area (Å²) in [4.78, 5) is 48.7. The van der Waals surface area contributed by atoms with Crippen molar-refractivity contribution in [2.75, 3.05) is 16.0 Å². The van der Waals surface area contributed by atoms with Crippen LogP contribution in [0.25, 0.3) is 0 Å². The highest BCUT2D eigenvalue weighted by Gasteiger charge is 2.54. The molecule has 17 heteroatoms. The lowest BCUT2D eigenvalue weighted by Gasteiger charge is -2.14. The Balaban J connectivity index is 0.000000314. The minimum atomic E-state index is -5.77. The zero-order chi connectivity index (χ0) is 32.1. The van der Waals surface area contributed by atoms with E-state index < -0.39 is 23.9 Å². The first-order valence-corrected chi connectivity index (χ1v) is 12.7. The van der Waals surface area contributed by atoms with Gasteiger partial charge in [-0.1, -0.05) is 23.7 Å². The van der Waals surface area contributed by atoms with E-state index in [0.29, 0.717) is 28.9 Å². The molecule has 3 heterocycles. The molecular weight excluding hydrogens is 620 g/mol. The SMILES string of the molecule is O=C(C(=O)C(F)(F)F)C(F)(F)F.O=C(Nc1ccc2cc1CCc1cccc(c1)Nc1ncc(Cl)c(n1)N2)c1cnccn1. The number of carbonyl (C=O) groups excluding carboxylic acids is 3. The molecule has 44 heavy (non-hydrogen) atoms. The van der Waals surface area contributed by atoms with Gasteiger partial charge < -0.3 is 16.0 Å².